The molecule has 0 saturated heterocycles. The van der Waals surface area contributed by atoms with Gasteiger partial charge in [-0.25, -0.2) is 0 Å². The van der Waals surface area contributed by atoms with E-state index in [0.717, 1.165) is 12.2 Å². The Bertz CT molecular complexity index is 494. The predicted molar refractivity (Wildman–Crippen MR) is 76.5 cm³/mol. The molecular formula is C14H23N3O2. The number of nitrogens with zero attached hydrogens (tertiary/aromatic N) is 2. The number of aryl methyl sites for hydroxylation is 1. The second-order valence-electron chi connectivity index (χ2n) is 5.10. The molecule has 0 aliphatic rings. The Morgan fingerprint density at radius 1 is 1.42 bits per heavy atom. The van der Waals surface area contributed by atoms with Crippen LogP contribution in [0.2, 0.25) is 0 Å². The van der Waals surface area contributed by atoms with Crippen LogP contribution in [0.1, 0.15) is 29.9 Å². The van der Waals surface area contributed by atoms with Crippen LogP contribution < -0.4 is 5.43 Å². The molecule has 0 spiro atoms. The van der Waals surface area contributed by atoms with Gasteiger partial charge in [0, 0.05) is 37.1 Å². The lowest BCUT2D eigenvalue weighted by Gasteiger charge is -2.30. The number of carbonyl (C=O) groups is 1. The highest BCUT2D eigenvalue weighted by atomic mass is 16.2. The second kappa shape index (κ2) is 6.52. The zero-order valence-electron chi connectivity index (χ0n) is 12.4. The van der Waals surface area contributed by atoms with Gasteiger partial charge in [0.2, 0.25) is 0 Å². The van der Waals surface area contributed by atoms with Gasteiger partial charge in [-0.05, 0) is 34.9 Å². The number of pyridine rings is 1. The van der Waals surface area contributed by atoms with Crippen LogP contribution in [0.4, 0.5) is 0 Å². The van der Waals surface area contributed by atoms with E-state index in [0.29, 0.717) is 6.54 Å². The molecule has 0 saturated carbocycles. The number of aromatic nitrogens is 1. The highest BCUT2D eigenvalue weighted by molar-refractivity contribution is 5.94. The van der Waals surface area contributed by atoms with Gasteiger partial charge in [-0.2, -0.15) is 0 Å². The molecule has 1 heterocycles. The average Bonchev–Trinajstić information content (AvgIpc) is 2.28. The first-order valence-electron chi connectivity index (χ1n) is 6.51. The minimum absolute atomic E-state index is 0.0632. The van der Waals surface area contributed by atoms with Crippen molar-refractivity contribution in [1.82, 2.24) is 14.8 Å². The Morgan fingerprint density at radius 2 is 2.05 bits per heavy atom. The molecule has 5 nitrogen and oxygen atoms in total. The van der Waals surface area contributed by atoms with Gasteiger partial charge in [-0.1, -0.05) is 0 Å². The maximum Gasteiger partial charge on any atom is 0.259 e. The smallest absolute Gasteiger partial charge is 0.259 e. The second-order valence-corrected chi connectivity index (χ2v) is 5.10. The zero-order valence-corrected chi connectivity index (χ0v) is 12.4. The largest absolute Gasteiger partial charge is 0.364 e. The van der Waals surface area contributed by atoms with Crippen LogP contribution in [0, 0.1) is 6.92 Å². The van der Waals surface area contributed by atoms with Crippen LogP contribution in [0.25, 0.3) is 0 Å². The molecule has 106 valence electrons. The van der Waals surface area contributed by atoms with Crippen molar-refractivity contribution in [2.75, 3.05) is 27.2 Å². The number of hydrogen-bond donors (Lipinski definition) is 1. The van der Waals surface area contributed by atoms with Crippen molar-refractivity contribution in [3.8, 4) is 0 Å². The lowest BCUT2D eigenvalue weighted by atomic mass is 10.2. The predicted octanol–water partition coefficient (Wildman–Crippen LogP) is 1.10. The van der Waals surface area contributed by atoms with E-state index in [1.165, 1.54) is 12.3 Å². The topological polar surface area (TPSA) is 56.4 Å². The van der Waals surface area contributed by atoms with E-state index in [1.54, 1.807) is 11.8 Å². The van der Waals surface area contributed by atoms with Crippen LogP contribution in [-0.4, -0.2) is 53.9 Å². The first-order valence-corrected chi connectivity index (χ1v) is 6.51. The lowest BCUT2D eigenvalue weighted by Crippen LogP contribution is -2.45. The van der Waals surface area contributed by atoms with Crippen molar-refractivity contribution < 1.29 is 4.79 Å². The summed E-state index contributed by atoms with van der Waals surface area (Å²) in [5.41, 5.74) is 0.737. The number of hydrogen-bond acceptors (Lipinski definition) is 3. The fourth-order valence-corrected chi connectivity index (χ4v) is 2.18. The van der Waals surface area contributed by atoms with E-state index in [4.69, 9.17) is 0 Å². The first-order chi connectivity index (χ1) is 8.86. The SMILES string of the molecule is CCN(C(=O)c1c[nH]c(C)cc1=O)C(C)CN(C)C. The van der Waals surface area contributed by atoms with Gasteiger partial charge in [0.15, 0.2) is 5.43 Å². The summed E-state index contributed by atoms with van der Waals surface area (Å²) in [6.07, 6.45) is 1.50. The summed E-state index contributed by atoms with van der Waals surface area (Å²) in [7, 11) is 3.93. The molecule has 0 radical (unpaired) electrons. The minimum Gasteiger partial charge on any atom is -0.364 e. The van der Waals surface area contributed by atoms with Crippen molar-refractivity contribution in [3.63, 3.8) is 0 Å². The van der Waals surface area contributed by atoms with Gasteiger partial charge in [0.1, 0.15) is 5.56 Å². The Hall–Kier alpha value is -1.62. The van der Waals surface area contributed by atoms with Crippen molar-refractivity contribution in [2.24, 2.45) is 0 Å². The molecule has 19 heavy (non-hydrogen) atoms. The highest BCUT2D eigenvalue weighted by Gasteiger charge is 2.22. The standard InChI is InChI=1S/C14H23N3O2/c1-6-17(11(3)9-16(4)5)14(19)12-8-15-10(2)7-13(12)18/h7-8,11H,6,9H2,1-5H3,(H,15,18). The number of likely N-dealkylation sites (N-methyl/N-ethyl adjacent to an activating group) is 2. The van der Waals surface area contributed by atoms with Crippen molar-refractivity contribution >= 4 is 5.91 Å². The van der Waals surface area contributed by atoms with Crippen molar-refractivity contribution in [3.05, 3.63) is 33.7 Å². The van der Waals surface area contributed by atoms with Crippen LogP contribution in [0.5, 0.6) is 0 Å². The Balaban J connectivity index is 2.98. The number of amides is 1. The van der Waals surface area contributed by atoms with E-state index in [9.17, 15) is 9.59 Å². The molecule has 1 unspecified atom stereocenters. The third kappa shape index (κ3) is 3.92. The lowest BCUT2D eigenvalue weighted by molar-refractivity contribution is 0.0677. The molecule has 0 bridgehead atoms. The fraction of sp³-hybridized carbons (Fsp3) is 0.571. The Morgan fingerprint density at radius 3 is 2.53 bits per heavy atom. The monoisotopic (exact) mass is 265 g/mol. The van der Waals surface area contributed by atoms with Gasteiger partial charge >= 0.3 is 0 Å². The van der Waals surface area contributed by atoms with Crippen molar-refractivity contribution in [2.45, 2.75) is 26.8 Å². The molecule has 1 atom stereocenters. The van der Waals surface area contributed by atoms with E-state index in [2.05, 4.69) is 4.98 Å². The first kappa shape index (κ1) is 15.4. The highest BCUT2D eigenvalue weighted by Crippen LogP contribution is 2.06. The summed E-state index contributed by atoms with van der Waals surface area (Å²) >= 11 is 0. The quantitative estimate of drug-likeness (QED) is 0.867. The number of aromatic amines is 1. The van der Waals surface area contributed by atoms with E-state index in [1.807, 2.05) is 32.8 Å². The van der Waals surface area contributed by atoms with E-state index < -0.39 is 0 Å². The molecule has 1 N–H and O–H groups in total. The van der Waals surface area contributed by atoms with Gasteiger partial charge < -0.3 is 14.8 Å². The van der Waals surface area contributed by atoms with Gasteiger partial charge in [-0.3, -0.25) is 9.59 Å². The Kier molecular flexibility index (Phi) is 5.30. The molecule has 0 fully saturated rings. The summed E-state index contributed by atoms with van der Waals surface area (Å²) in [5.74, 6) is -0.210. The molecule has 1 rings (SSSR count). The minimum atomic E-state index is -0.225. The molecule has 5 heteroatoms. The number of rotatable bonds is 5. The third-order valence-electron chi connectivity index (χ3n) is 3.05. The normalized spacial score (nSPS) is 12.5. The molecule has 0 aliphatic carbocycles. The molecule has 0 aromatic carbocycles. The average molecular weight is 265 g/mol. The Labute approximate surface area is 114 Å². The summed E-state index contributed by atoms with van der Waals surface area (Å²) in [6, 6.07) is 1.52. The van der Waals surface area contributed by atoms with Gasteiger partial charge in [-0.15, -0.1) is 0 Å². The zero-order chi connectivity index (χ0) is 14.6. The molecule has 1 aromatic rings. The van der Waals surface area contributed by atoms with E-state index >= 15 is 0 Å². The van der Waals surface area contributed by atoms with Gasteiger partial charge in [0.25, 0.3) is 5.91 Å². The van der Waals surface area contributed by atoms with Crippen LogP contribution in [0.15, 0.2) is 17.1 Å². The molecular weight excluding hydrogens is 242 g/mol. The van der Waals surface area contributed by atoms with Crippen LogP contribution in [0.3, 0.4) is 0 Å². The maximum atomic E-state index is 12.4. The summed E-state index contributed by atoms with van der Waals surface area (Å²) in [4.78, 5) is 31.0. The molecule has 1 aromatic heterocycles. The van der Waals surface area contributed by atoms with Crippen LogP contribution >= 0.6 is 0 Å². The van der Waals surface area contributed by atoms with Gasteiger partial charge in [0.05, 0.1) is 0 Å². The van der Waals surface area contributed by atoms with Crippen LogP contribution in [-0.2, 0) is 0 Å². The van der Waals surface area contributed by atoms with Crippen molar-refractivity contribution in [1.29, 1.82) is 0 Å². The van der Waals surface area contributed by atoms with E-state index in [-0.39, 0.29) is 22.9 Å². The molecule has 0 aliphatic heterocycles. The summed E-state index contributed by atoms with van der Waals surface area (Å²) in [6.45, 7) is 7.06. The number of H-pyrrole nitrogens is 1. The number of nitrogens with one attached hydrogen (secondary N) is 1. The third-order valence-corrected chi connectivity index (χ3v) is 3.05. The summed E-state index contributed by atoms with van der Waals surface area (Å²) < 4.78 is 0. The maximum absolute atomic E-state index is 12.4. The fourth-order valence-electron chi connectivity index (χ4n) is 2.18. The molecule has 1 amide bonds. The number of carbonyl (C=O) groups excluding carboxylic acids is 1. The summed E-state index contributed by atoms with van der Waals surface area (Å²) in [5, 5.41) is 0.